The fraction of sp³-hybridized carbons (Fsp3) is 0.323. The number of ether oxygens (including phenoxy) is 4. The Kier molecular flexibility index (Phi) is 7.84. The highest BCUT2D eigenvalue weighted by Crippen LogP contribution is 2.38. The molecular formula is C31H34N2O5. The van der Waals surface area contributed by atoms with Gasteiger partial charge in [0, 0.05) is 55.1 Å². The molecule has 1 saturated heterocycles. The van der Waals surface area contributed by atoms with E-state index in [1.54, 1.807) is 21.3 Å². The van der Waals surface area contributed by atoms with Gasteiger partial charge in [-0.3, -0.25) is 4.79 Å². The molecule has 7 nitrogen and oxygen atoms in total. The molecule has 0 spiro atoms. The van der Waals surface area contributed by atoms with E-state index in [9.17, 15) is 4.79 Å². The standard InChI is InChI=1S/C31H34N2O5/c1-35-24-10-8-22(9-11-24)20-33-21-29(27-6-4-5-7-30(27)33)28(19-31(34)32-12-14-38-15-13-32)23-16-25(36-2)18-26(17-23)37-3/h4-11,16-18,21,28H,12-15,19-20H2,1-3H3/t28-/m0/s1. The molecule has 1 atom stereocenters. The van der Waals surface area contributed by atoms with Gasteiger partial charge in [0.05, 0.1) is 34.5 Å². The first kappa shape index (κ1) is 25.7. The predicted molar refractivity (Wildman–Crippen MR) is 147 cm³/mol. The number of hydrogen-bond acceptors (Lipinski definition) is 5. The van der Waals surface area contributed by atoms with Crippen LogP contribution in [0, 0.1) is 0 Å². The molecule has 3 aromatic carbocycles. The van der Waals surface area contributed by atoms with Crippen LogP contribution in [-0.2, 0) is 16.1 Å². The third kappa shape index (κ3) is 5.48. The van der Waals surface area contributed by atoms with Crippen LogP contribution < -0.4 is 14.2 Å². The van der Waals surface area contributed by atoms with E-state index < -0.39 is 0 Å². The minimum Gasteiger partial charge on any atom is -0.497 e. The van der Waals surface area contributed by atoms with Gasteiger partial charge in [0.15, 0.2) is 0 Å². The molecule has 1 aliphatic rings. The maximum absolute atomic E-state index is 13.5. The molecule has 198 valence electrons. The van der Waals surface area contributed by atoms with Crippen LogP contribution in [0.1, 0.15) is 29.0 Å². The molecule has 5 rings (SSSR count). The Morgan fingerprint density at radius 1 is 0.868 bits per heavy atom. The number of hydrogen-bond donors (Lipinski definition) is 0. The van der Waals surface area contributed by atoms with Gasteiger partial charge in [-0.15, -0.1) is 0 Å². The predicted octanol–water partition coefficient (Wildman–Crippen LogP) is 5.10. The van der Waals surface area contributed by atoms with Gasteiger partial charge in [0.25, 0.3) is 0 Å². The number of benzene rings is 3. The first-order valence-corrected chi connectivity index (χ1v) is 12.9. The van der Waals surface area contributed by atoms with E-state index >= 15 is 0 Å². The summed E-state index contributed by atoms with van der Waals surface area (Å²) < 4.78 is 24.2. The molecule has 1 amide bonds. The third-order valence-electron chi connectivity index (χ3n) is 7.23. The molecule has 0 radical (unpaired) electrons. The molecular weight excluding hydrogens is 480 g/mol. The quantitative estimate of drug-likeness (QED) is 0.311. The summed E-state index contributed by atoms with van der Waals surface area (Å²) in [5, 5.41) is 1.13. The Bertz CT molecular complexity index is 1370. The first-order chi connectivity index (χ1) is 18.6. The topological polar surface area (TPSA) is 62.2 Å². The second-order valence-electron chi connectivity index (χ2n) is 9.47. The van der Waals surface area contributed by atoms with Crippen LogP contribution >= 0.6 is 0 Å². The number of aromatic nitrogens is 1. The Hall–Kier alpha value is -3.97. The lowest BCUT2D eigenvalue weighted by molar-refractivity contribution is -0.135. The highest BCUT2D eigenvalue weighted by atomic mass is 16.5. The lowest BCUT2D eigenvalue weighted by Crippen LogP contribution is -2.41. The maximum atomic E-state index is 13.5. The van der Waals surface area contributed by atoms with Crippen molar-refractivity contribution in [2.75, 3.05) is 47.6 Å². The van der Waals surface area contributed by atoms with E-state index in [-0.39, 0.29) is 11.8 Å². The summed E-state index contributed by atoms with van der Waals surface area (Å²) in [6.45, 7) is 3.09. The number of methoxy groups -OCH3 is 3. The van der Waals surface area contributed by atoms with Gasteiger partial charge in [-0.1, -0.05) is 30.3 Å². The number of morpholine rings is 1. The normalized spacial score (nSPS) is 14.3. The lowest BCUT2D eigenvalue weighted by atomic mass is 9.87. The number of carbonyl (C=O) groups is 1. The van der Waals surface area contributed by atoms with Crippen LogP contribution in [0.3, 0.4) is 0 Å². The van der Waals surface area contributed by atoms with Crippen molar-refractivity contribution < 1.29 is 23.7 Å². The average Bonchev–Trinajstić information content (AvgIpc) is 3.34. The van der Waals surface area contributed by atoms with Crippen molar-refractivity contribution in [1.29, 1.82) is 0 Å². The number of rotatable bonds is 9. The summed E-state index contributed by atoms with van der Waals surface area (Å²) >= 11 is 0. The minimum atomic E-state index is -0.184. The van der Waals surface area contributed by atoms with Crippen molar-refractivity contribution in [1.82, 2.24) is 9.47 Å². The second-order valence-corrected chi connectivity index (χ2v) is 9.47. The lowest BCUT2D eigenvalue weighted by Gasteiger charge is -2.29. The molecule has 7 heteroatoms. The monoisotopic (exact) mass is 514 g/mol. The number of carbonyl (C=O) groups excluding carboxylic acids is 1. The number of para-hydroxylation sites is 1. The molecule has 0 bridgehead atoms. The summed E-state index contributed by atoms with van der Waals surface area (Å²) in [7, 11) is 4.97. The van der Waals surface area contributed by atoms with Crippen LogP contribution in [0.5, 0.6) is 17.2 Å². The SMILES string of the molecule is COc1ccc(Cn2cc([C@@H](CC(=O)N3CCOCC3)c3cc(OC)cc(OC)c3)c3ccccc32)cc1. The zero-order valence-electron chi connectivity index (χ0n) is 22.2. The zero-order chi connectivity index (χ0) is 26.5. The molecule has 2 heterocycles. The summed E-state index contributed by atoms with van der Waals surface area (Å²) in [6.07, 6.45) is 2.53. The van der Waals surface area contributed by atoms with Crippen molar-refractivity contribution in [3.63, 3.8) is 0 Å². The Balaban J connectivity index is 1.58. The first-order valence-electron chi connectivity index (χ1n) is 12.9. The summed E-state index contributed by atoms with van der Waals surface area (Å²) in [4.78, 5) is 15.5. The van der Waals surface area contributed by atoms with Gasteiger partial charge in [0.1, 0.15) is 17.2 Å². The van der Waals surface area contributed by atoms with E-state index in [1.165, 1.54) is 5.56 Å². The van der Waals surface area contributed by atoms with E-state index in [1.807, 2.05) is 35.2 Å². The fourth-order valence-electron chi connectivity index (χ4n) is 5.17. The van der Waals surface area contributed by atoms with Crippen molar-refractivity contribution in [3.8, 4) is 17.2 Å². The smallest absolute Gasteiger partial charge is 0.223 e. The summed E-state index contributed by atoms with van der Waals surface area (Å²) in [6, 6.07) is 22.4. The van der Waals surface area contributed by atoms with Gasteiger partial charge < -0.3 is 28.4 Å². The highest BCUT2D eigenvalue weighted by Gasteiger charge is 2.27. The molecule has 0 saturated carbocycles. The van der Waals surface area contributed by atoms with Gasteiger partial charge >= 0.3 is 0 Å². The van der Waals surface area contributed by atoms with Gasteiger partial charge in [-0.05, 0) is 47.0 Å². The molecule has 38 heavy (non-hydrogen) atoms. The van der Waals surface area contributed by atoms with Gasteiger partial charge in [-0.2, -0.15) is 0 Å². The minimum absolute atomic E-state index is 0.118. The maximum Gasteiger partial charge on any atom is 0.223 e. The van der Waals surface area contributed by atoms with Crippen LogP contribution in [0.15, 0.2) is 72.9 Å². The average molecular weight is 515 g/mol. The van der Waals surface area contributed by atoms with E-state index in [4.69, 9.17) is 18.9 Å². The Morgan fingerprint density at radius 2 is 1.53 bits per heavy atom. The largest absolute Gasteiger partial charge is 0.497 e. The van der Waals surface area contributed by atoms with Crippen molar-refractivity contribution in [2.24, 2.45) is 0 Å². The summed E-state index contributed by atoms with van der Waals surface area (Å²) in [5.74, 6) is 2.17. The van der Waals surface area contributed by atoms with Crippen molar-refractivity contribution >= 4 is 16.8 Å². The highest BCUT2D eigenvalue weighted by molar-refractivity contribution is 5.87. The van der Waals surface area contributed by atoms with Gasteiger partial charge in [0.2, 0.25) is 5.91 Å². The molecule has 1 aromatic heterocycles. The van der Waals surface area contributed by atoms with Crippen LogP contribution in [-0.4, -0.2) is 63.0 Å². The van der Waals surface area contributed by atoms with Crippen molar-refractivity contribution in [2.45, 2.75) is 18.9 Å². The number of nitrogens with zero attached hydrogens (tertiary/aromatic N) is 2. The van der Waals surface area contributed by atoms with Crippen LogP contribution in [0.25, 0.3) is 10.9 Å². The summed E-state index contributed by atoms with van der Waals surface area (Å²) in [5.41, 5.74) is 4.38. The second kappa shape index (κ2) is 11.6. The van der Waals surface area contributed by atoms with E-state index in [2.05, 4.69) is 47.2 Å². The van der Waals surface area contributed by atoms with Crippen molar-refractivity contribution in [3.05, 3.63) is 89.6 Å². The number of amides is 1. The molecule has 0 unspecified atom stereocenters. The molecule has 1 fully saturated rings. The van der Waals surface area contributed by atoms with Crippen LogP contribution in [0.2, 0.25) is 0 Å². The van der Waals surface area contributed by atoms with E-state index in [0.717, 1.165) is 27.8 Å². The molecule has 0 N–H and O–H groups in total. The fourth-order valence-corrected chi connectivity index (χ4v) is 5.17. The number of fused-ring (bicyclic) bond motifs is 1. The van der Waals surface area contributed by atoms with E-state index in [0.29, 0.717) is 50.8 Å². The van der Waals surface area contributed by atoms with Gasteiger partial charge in [-0.25, -0.2) is 0 Å². The van der Waals surface area contributed by atoms with Crippen LogP contribution in [0.4, 0.5) is 0 Å². The Morgan fingerprint density at radius 3 is 2.18 bits per heavy atom. The zero-order valence-corrected chi connectivity index (χ0v) is 22.2. The third-order valence-corrected chi connectivity index (χ3v) is 7.23. The molecule has 1 aliphatic heterocycles. The molecule has 4 aromatic rings. The molecule has 0 aliphatic carbocycles. The Labute approximate surface area is 223 Å².